The highest BCUT2D eigenvalue weighted by Crippen LogP contribution is 2.41. The SMILES string of the molecule is CC(=O)c1cc(S(=O)(=O)NC(=O)Nc2c3c(c(F)c4c2CCC4)CCC3)oc1CN1CCNCC1. The maximum absolute atomic E-state index is 14.9. The fourth-order valence-electron chi connectivity index (χ4n) is 5.37. The minimum absolute atomic E-state index is 0.173. The number of Topliss-reactive ketones (excluding diaryl/α,β-unsaturated/α-hetero) is 1. The molecule has 0 radical (unpaired) electrons. The number of hydrogen-bond donors (Lipinski definition) is 3. The lowest BCUT2D eigenvalue weighted by Gasteiger charge is -2.26. The van der Waals surface area contributed by atoms with E-state index in [0.29, 0.717) is 49.0 Å². The number of amides is 2. The van der Waals surface area contributed by atoms with E-state index < -0.39 is 21.1 Å². The summed E-state index contributed by atoms with van der Waals surface area (Å²) in [5, 5.41) is 5.43. The van der Waals surface area contributed by atoms with Gasteiger partial charge in [-0.2, -0.15) is 8.42 Å². The summed E-state index contributed by atoms with van der Waals surface area (Å²) >= 11 is 0. The van der Waals surface area contributed by atoms with Crippen molar-refractivity contribution in [3.05, 3.63) is 45.5 Å². The smallest absolute Gasteiger partial charge is 0.333 e. The van der Waals surface area contributed by atoms with Crippen LogP contribution in [0.15, 0.2) is 15.6 Å². The maximum atomic E-state index is 14.9. The van der Waals surface area contributed by atoms with Crippen LogP contribution in [0.1, 0.15) is 58.1 Å². The number of nitrogens with zero attached hydrogens (tertiary/aromatic N) is 1. The van der Waals surface area contributed by atoms with E-state index in [9.17, 15) is 22.4 Å². The summed E-state index contributed by atoms with van der Waals surface area (Å²) in [6, 6.07) is 0.229. The summed E-state index contributed by atoms with van der Waals surface area (Å²) in [6.45, 7) is 4.71. The van der Waals surface area contributed by atoms with Gasteiger partial charge in [0.1, 0.15) is 11.6 Å². The summed E-state index contributed by atoms with van der Waals surface area (Å²) in [7, 11) is -4.38. The minimum atomic E-state index is -4.38. The van der Waals surface area contributed by atoms with E-state index in [1.807, 2.05) is 4.72 Å². The Labute approximate surface area is 203 Å². The van der Waals surface area contributed by atoms with Crippen molar-refractivity contribution < 1.29 is 26.8 Å². The van der Waals surface area contributed by atoms with Crippen molar-refractivity contribution in [3.8, 4) is 0 Å². The molecule has 188 valence electrons. The third-order valence-electron chi connectivity index (χ3n) is 7.04. The number of benzene rings is 1. The number of urea groups is 1. The number of halogens is 1. The van der Waals surface area contributed by atoms with Crippen molar-refractivity contribution in [2.75, 3.05) is 31.5 Å². The third kappa shape index (κ3) is 4.60. The molecule has 35 heavy (non-hydrogen) atoms. The molecule has 3 N–H and O–H groups in total. The summed E-state index contributed by atoms with van der Waals surface area (Å²) in [5.41, 5.74) is 3.47. The van der Waals surface area contributed by atoms with Gasteiger partial charge in [0.15, 0.2) is 5.78 Å². The Bertz CT molecular complexity index is 1260. The van der Waals surface area contributed by atoms with Crippen LogP contribution in [0.2, 0.25) is 0 Å². The van der Waals surface area contributed by atoms with Gasteiger partial charge in [-0.15, -0.1) is 0 Å². The lowest BCUT2D eigenvalue weighted by atomic mass is 9.98. The largest absolute Gasteiger partial charge is 0.446 e. The van der Waals surface area contributed by atoms with E-state index >= 15 is 0 Å². The molecule has 1 aromatic carbocycles. The number of ketones is 1. The molecule has 0 saturated carbocycles. The molecule has 2 aliphatic carbocycles. The van der Waals surface area contributed by atoms with Crippen molar-refractivity contribution in [1.29, 1.82) is 0 Å². The number of sulfonamides is 1. The second-order valence-electron chi connectivity index (χ2n) is 9.35. The molecule has 2 heterocycles. The first-order valence-corrected chi connectivity index (χ1v) is 13.5. The fraction of sp³-hybridized carbons (Fsp3) is 0.500. The van der Waals surface area contributed by atoms with E-state index in [1.54, 1.807) is 0 Å². The highest BCUT2D eigenvalue weighted by Gasteiger charge is 2.31. The quantitative estimate of drug-likeness (QED) is 0.517. The molecule has 1 aromatic heterocycles. The molecular weight excluding hydrogens is 475 g/mol. The normalized spacial score (nSPS) is 17.8. The summed E-state index contributed by atoms with van der Waals surface area (Å²) < 4.78 is 48.4. The van der Waals surface area contributed by atoms with Gasteiger partial charge in [-0.25, -0.2) is 13.9 Å². The van der Waals surface area contributed by atoms with Crippen LogP contribution in [-0.4, -0.2) is 51.3 Å². The number of carbonyl (C=O) groups excluding carboxylic acids is 2. The number of rotatable bonds is 6. The molecule has 1 saturated heterocycles. The molecule has 0 atom stereocenters. The van der Waals surface area contributed by atoms with Gasteiger partial charge in [-0.05, 0) is 67.7 Å². The van der Waals surface area contributed by atoms with Gasteiger partial charge < -0.3 is 15.1 Å². The molecule has 2 aromatic rings. The Hall–Kier alpha value is -2.76. The van der Waals surface area contributed by atoms with Gasteiger partial charge in [0.25, 0.3) is 10.0 Å². The number of nitrogens with one attached hydrogen (secondary N) is 3. The zero-order valence-corrected chi connectivity index (χ0v) is 20.4. The van der Waals surface area contributed by atoms with Crippen molar-refractivity contribution >= 4 is 27.5 Å². The first-order valence-electron chi connectivity index (χ1n) is 12.0. The van der Waals surface area contributed by atoms with Crippen molar-refractivity contribution in [2.24, 2.45) is 0 Å². The number of furan rings is 1. The molecule has 0 spiro atoms. The van der Waals surface area contributed by atoms with Crippen LogP contribution in [0.25, 0.3) is 0 Å². The molecule has 0 unspecified atom stereocenters. The first kappa shape index (κ1) is 24.0. The van der Waals surface area contributed by atoms with Gasteiger partial charge in [-0.3, -0.25) is 9.69 Å². The van der Waals surface area contributed by atoms with Crippen molar-refractivity contribution in [3.63, 3.8) is 0 Å². The number of anilines is 1. The average molecular weight is 505 g/mol. The van der Waals surface area contributed by atoms with Gasteiger partial charge in [0.2, 0.25) is 5.09 Å². The van der Waals surface area contributed by atoms with E-state index in [2.05, 4.69) is 15.5 Å². The van der Waals surface area contributed by atoms with E-state index in [0.717, 1.165) is 50.1 Å². The minimum Gasteiger partial charge on any atom is -0.446 e. The van der Waals surface area contributed by atoms with Gasteiger partial charge in [0, 0.05) is 37.9 Å². The van der Waals surface area contributed by atoms with Gasteiger partial charge in [0.05, 0.1) is 12.1 Å². The molecule has 0 bridgehead atoms. The number of piperazine rings is 1. The van der Waals surface area contributed by atoms with E-state index in [-0.39, 0.29) is 22.9 Å². The van der Waals surface area contributed by atoms with Crippen LogP contribution < -0.4 is 15.4 Å². The predicted molar refractivity (Wildman–Crippen MR) is 127 cm³/mol. The van der Waals surface area contributed by atoms with Crippen LogP contribution >= 0.6 is 0 Å². The number of fused-ring (bicyclic) bond motifs is 2. The molecular formula is C24H29FN4O5S. The second kappa shape index (κ2) is 9.36. The van der Waals surface area contributed by atoms with Crippen LogP contribution in [0.5, 0.6) is 0 Å². The predicted octanol–water partition coefficient (Wildman–Crippen LogP) is 2.51. The first-order chi connectivity index (χ1) is 16.7. The summed E-state index contributed by atoms with van der Waals surface area (Å²) in [5.74, 6) is -0.232. The Morgan fingerprint density at radius 3 is 2.26 bits per heavy atom. The lowest BCUT2D eigenvalue weighted by Crippen LogP contribution is -2.43. The topological polar surface area (TPSA) is 121 Å². The monoisotopic (exact) mass is 504 g/mol. The van der Waals surface area contributed by atoms with Crippen molar-refractivity contribution in [2.45, 2.75) is 57.1 Å². The van der Waals surface area contributed by atoms with Gasteiger partial charge in [-0.1, -0.05) is 0 Å². The van der Waals surface area contributed by atoms with Crippen LogP contribution in [0.3, 0.4) is 0 Å². The van der Waals surface area contributed by atoms with E-state index in [1.165, 1.54) is 13.0 Å². The van der Waals surface area contributed by atoms with Crippen LogP contribution in [0, 0.1) is 5.82 Å². The average Bonchev–Trinajstić information content (AvgIpc) is 3.56. The molecule has 9 nitrogen and oxygen atoms in total. The highest BCUT2D eigenvalue weighted by molar-refractivity contribution is 7.89. The molecule has 11 heteroatoms. The number of carbonyl (C=O) groups is 2. The van der Waals surface area contributed by atoms with E-state index in [4.69, 9.17) is 4.42 Å². The fourth-order valence-corrected chi connectivity index (χ4v) is 6.25. The molecule has 1 aliphatic heterocycles. The standard InChI is InChI=1S/C24H29FN4O5S/c1-14(30)19-12-21(34-20(19)13-29-10-8-26-9-11-29)35(32,33)28-24(31)27-23-17-6-2-4-15(17)22(25)16-5-3-7-18(16)23/h12,26H,2-11,13H2,1H3,(H2,27,28,31). The van der Waals surface area contributed by atoms with Gasteiger partial charge >= 0.3 is 6.03 Å². The highest BCUT2D eigenvalue weighted by atomic mass is 32.2. The Morgan fingerprint density at radius 1 is 1.06 bits per heavy atom. The molecule has 5 rings (SSSR count). The maximum Gasteiger partial charge on any atom is 0.333 e. The zero-order valence-electron chi connectivity index (χ0n) is 19.6. The zero-order chi connectivity index (χ0) is 24.7. The molecule has 3 aliphatic rings. The molecule has 1 fully saturated rings. The Balaban J connectivity index is 1.37. The number of hydrogen-bond acceptors (Lipinski definition) is 7. The summed E-state index contributed by atoms with van der Waals surface area (Å²) in [4.78, 5) is 27.0. The van der Waals surface area contributed by atoms with Crippen molar-refractivity contribution in [1.82, 2.24) is 14.9 Å². The third-order valence-corrected chi connectivity index (χ3v) is 8.23. The Kier molecular flexibility index (Phi) is 6.41. The Morgan fingerprint density at radius 2 is 1.66 bits per heavy atom. The van der Waals surface area contributed by atoms with Crippen LogP contribution in [0.4, 0.5) is 14.9 Å². The lowest BCUT2D eigenvalue weighted by molar-refractivity contribution is 0.101. The van der Waals surface area contributed by atoms with Crippen LogP contribution in [-0.2, 0) is 42.3 Å². The second-order valence-corrected chi connectivity index (χ2v) is 11.0. The molecule has 2 amide bonds. The summed E-state index contributed by atoms with van der Waals surface area (Å²) in [6.07, 6.45) is 4.08.